The maximum atomic E-state index is 12.8. The zero-order chi connectivity index (χ0) is 32.9. The molecular formula is C35H38N4O6S. The lowest BCUT2D eigenvalue weighted by Gasteiger charge is -2.30. The van der Waals surface area contributed by atoms with Gasteiger partial charge >= 0.3 is 5.97 Å². The second-order valence-corrected chi connectivity index (χ2v) is 10.5. The van der Waals surface area contributed by atoms with Crippen molar-refractivity contribution in [3.8, 4) is 17.2 Å². The van der Waals surface area contributed by atoms with Crippen LogP contribution in [-0.4, -0.2) is 43.0 Å². The fraction of sp³-hybridized carbons (Fsp3) is 0.257. The molecule has 0 radical (unpaired) electrons. The lowest BCUT2D eigenvalue weighted by molar-refractivity contribution is -0.139. The number of nitrogens with zero attached hydrogens (tertiary/aromatic N) is 1. The molecule has 46 heavy (non-hydrogen) atoms. The van der Waals surface area contributed by atoms with Crippen molar-refractivity contribution in [1.82, 2.24) is 16.1 Å². The predicted octanol–water partition coefficient (Wildman–Crippen LogP) is 5.28. The van der Waals surface area contributed by atoms with E-state index in [0.29, 0.717) is 64.4 Å². The Morgan fingerprint density at radius 3 is 2.50 bits per heavy atom. The number of para-hydroxylation sites is 1. The van der Waals surface area contributed by atoms with Crippen LogP contribution in [0.25, 0.3) is 0 Å². The van der Waals surface area contributed by atoms with E-state index in [-0.39, 0.29) is 13.2 Å². The summed E-state index contributed by atoms with van der Waals surface area (Å²) in [6.45, 7) is 10.0. The van der Waals surface area contributed by atoms with Crippen LogP contribution < -0.4 is 30.3 Å². The van der Waals surface area contributed by atoms with E-state index in [1.165, 1.54) is 6.21 Å². The minimum Gasteiger partial charge on any atom is -0.490 e. The van der Waals surface area contributed by atoms with Gasteiger partial charge in [0, 0.05) is 16.8 Å². The minimum absolute atomic E-state index is 0.223. The highest BCUT2D eigenvalue weighted by Crippen LogP contribution is 2.35. The summed E-state index contributed by atoms with van der Waals surface area (Å²) in [5, 5.41) is 10.6. The highest BCUT2D eigenvalue weighted by molar-refractivity contribution is 7.80. The second-order valence-electron chi connectivity index (χ2n) is 10.1. The zero-order valence-corrected chi connectivity index (χ0v) is 26.9. The molecule has 0 bridgehead atoms. The van der Waals surface area contributed by atoms with Crippen LogP contribution in [0.4, 0.5) is 0 Å². The summed E-state index contributed by atoms with van der Waals surface area (Å²) in [5.41, 5.74) is 6.70. The van der Waals surface area contributed by atoms with Crippen LogP contribution in [0.3, 0.4) is 0 Å². The molecule has 0 unspecified atom stereocenters. The number of carbonyl (C=O) groups is 2. The molecule has 0 spiro atoms. The molecule has 1 heterocycles. The van der Waals surface area contributed by atoms with Crippen molar-refractivity contribution in [2.45, 2.75) is 39.8 Å². The Hall–Kier alpha value is -5.16. The zero-order valence-electron chi connectivity index (χ0n) is 26.1. The van der Waals surface area contributed by atoms with E-state index in [2.05, 4.69) is 27.7 Å². The Morgan fingerprint density at radius 2 is 1.76 bits per heavy atom. The van der Waals surface area contributed by atoms with Crippen molar-refractivity contribution in [2.24, 2.45) is 5.10 Å². The second kappa shape index (κ2) is 16.8. The predicted molar refractivity (Wildman–Crippen MR) is 181 cm³/mol. The average molecular weight is 643 g/mol. The van der Waals surface area contributed by atoms with Crippen molar-refractivity contribution >= 4 is 35.4 Å². The highest BCUT2D eigenvalue weighted by Gasteiger charge is 2.32. The molecule has 0 fully saturated rings. The Balaban J connectivity index is 1.45. The Labute approximate surface area is 274 Å². The van der Waals surface area contributed by atoms with E-state index < -0.39 is 17.9 Å². The van der Waals surface area contributed by atoms with Gasteiger partial charge in [-0.25, -0.2) is 10.2 Å². The molecule has 0 aromatic heterocycles. The van der Waals surface area contributed by atoms with Crippen LogP contribution in [0, 0.1) is 0 Å². The normalized spacial score (nSPS) is 14.2. The number of hydrogen-bond donors (Lipinski definition) is 3. The summed E-state index contributed by atoms with van der Waals surface area (Å²) < 4.78 is 23.2. The topological polar surface area (TPSA) is 120 Å². The van der Waals surface area contributed by atoms with Crippen molar-refractivity contribution in [1.29, 1.82) is 0 Å². The fourth-order valence-electron chi connectivity index (χ4n) is 4.83. The summed E-state index contributed by atoms with van der Waals surface area (Å²) in [6, 6.07) is 20.1. The van der Waals surface area contributed by atoms with Crippen LogP contribution in [0.1, 0.15) is 49.1 Å². The van der Waals surface area contributed by atoms with Gasteiger partial charge in [0.1, 0.15) is 12.4 Å². The minimum atomic E-state index is -0.631. The number of ether oxygens (including phenoxy) is 4. The Morgan fingerprint density at radius 1 is 1.00 bits per heavy atom. The van der Waals surface area contributed by atoms with E-state index in [4.69, 9.17) is 31.2 Å². The van der Waals surface area contributed by atoms with Gasteiger partial charge in [0.15, 0.2) is 23.2 Å². The van der Waals surface area contributed by atoms with Crippen molar-refractivity contribution in [3.63, 3.8) is 0 Å². The first kappa shape index (κ1) is 33.7. The van der Waals surface area contributed by atoms with Gasteiger partial charge in [0.2, 0.25) is 0 Å². The van der Waals surface area contributed by atoms with E-state index in [9.17, 15) is 9.59 Å². The number of benzene rings is 3. The SMILES string of the molecule is C=CCc1cc(C=NNC(=O)COc2ccccc2[C@H]2NC(=S)NC(C)=C2C(=O)OCC)cc(OCC)c1OCc1ccccc1. The van der Waals surface area contributed by atoms with Gasteiger partial charge in [0.05, 0.1) is 31.0 Å². The fourth-order valence-corrected chi connectivity index (χ4v) is 5.10. The average Bonchev–Trinajstić information content (AvgIpc) is 3.04. The maximum Gasteiger partial charge on any atom is 0.338 e. The van der Waals surface area contributed by atoms with Crippen LogP contribution >= 0.6 is 12.2 Å². The molecule has 0 saturated heterocycles. The van der Waals surface area contributed by atoms with E-state index in [0.717, 1.165) is 11.1 Å². The monoisotopic (exact) mass is 642 g/mol. The van der Waals surface area contributed by atoms with Gasteiger partial charge in [-0.2, -0.15) is 5.10 Å². The summed E-state index contributed by atoms with van der Waals surface area (Å²) >= 11 is 5.34. The maximum absolute atomic E-state index is 12.8. The van der Waals surface area contributed by atoms with Gasteiger partial charge in [0.25, 0.3) is 5.91 Å². The standard InChI is InChI=1S/C35H38N4O6S/c1-5-13-26-18-25(19-29(42-6-2)33(26)45-21-24-14-9-8-10-15-24)20-36-39-30(40)22-44-28-17-12-11-16-27(28)32-31(34(41)43-7-3)23(4)37-35(46)38-32/h5,8-12,14-20,32H,1,6-7,13,21-22H2,2-4H3,(H,39,40)(H2,37,38,46)/t32-/m1/s1. The molecule has 3 aromatic rings. The first-order valence-electron chi connectivity index (χ1n) is 14.9. The van der Waals surface area contributed by atoms with Gasteiger partial charge in [-0.15, -0.1) is 6.58 Å². The molecule has 240 valence electrons. The number of amides is 1. The molecule has 10 nitrogen and oxygen atoms in total. The molecule has 11 heteroatoms. The number of carbonyl (C=O) groups excluding carboxylic acids is 2. The molecule has 3 aromatic carbocycles. The molecule has 4 rings (SSSR count). The number of thiocarbonyl (C=S) groups is 1. The largest absolute Gasteiger partial charge is 0.490 e. The van der Waals surface area contributed by atoms with Crippen molar-refractivity contribution in [2.75, 3.05) is 19.8 Å². The molecule has 1 amide bonds. The van der Waals surface area contributed by atoms with E-state index in [1.54, 1.807) is 38.1 Å². The van der Waals surface area contributed by atoms with E-state index >= 15 is 0 Å². The lowest BCUT2D eigenvalue weighted by atomic mass is 9.95. The van der Waals surface area contributed by atoms with Crippen LogP contribution in [-0.2, 0) is 27.4 Å². The third-order valence-electron chi connectivity index (χ3n) is 6.80. The molecule has 1 aliphatic rings. The van der Waals surface area contributed by atoms with Gasteiger partial charge in [-0.1, -0.05) is 54.6 Å². The first-order chi connectivity index (χ1) is 22.3. The number of hydrazone groups is 1. The lowest BCUT2D eigenvalue weighted by Crippen LogP contribution is -2.45. The molecule has 1 aliphatic heterocycles. The molecule has 0 saturated carbocycles. The van der Waals surface area contributed by atoms with Crippen molar-refractivity contribution < 1.29 is 28.5 Å². The van der Waals surface area contributed by atoms with Crippen LogP contribution in [0.2, 0.25) is 0 Å². The molecule has 1 atom stereocenters. The number of nitrogens with one attached hydrogen (secondary N) is 3. The third-order valence-corrected chi connectivity index (χ3v) is 7.02. The Kier molecular flexibility index (Phi) is 12.3. The van der Waals surface area contributed by atoms with Crippen molar-refractivity contribution in [3.05, 3.63) is 113 Å². The summed E-state index contributed by atoms with van der Waals surface area (Å²) in [4.78, 5) is 25.5. The molecular weight excluding hydrogens is 604 g/mol. The van der Waals surface area contributed by atoms with Crippen LogP contribution in [0.15, 0.2) is 95.8 Å². The third kappa shape index (κ3) is 8.95. The van der Waals surface area contributed by atoms with Gasteiger partial charge in [-0.05, 0) is 68.7 Å². The van der Waals surface area contributed by atoms with Gasteiger partial charge < -0.3 is 29.6 Å². The van der Waals surface area contributed by atoms with Gasteiger partial charge in [-0.3, -0.25) is 4.79 Å². The molecule has 0 aliphatic carbocycles. The first-order valence-corrected chi connectivity index (χ1v) is 15.3. The Bertz CT molecular complexity index is 1620. The number of esters is 1. The highest BCUT2D eigenvalue weighted by atomic mass is 32.1. The number of hydrogen-bond acceptors (Lipinski definition) is 8. The van der Waals surface area contributed by atoms with E-state index in [1.807, 2.05) is 55.5 Å². The summed E-state index contributed by atoms with van der Waals surface area (Å²) in [5.74, 6) is 0.659. The summed E-state index contributed by atoms with van der Waals surface area (Å²) in [6.07, 6.45) is 3.87. The smallest absolute Gasteiger partial charge is 0.338 e. The summed E-state index contributed by atoms with van der Waals surface area (Å²) in [7, 11) is 0. The number of rotatable bonds is 15. The van der Waals surface area contributed by atoms with Crippen LogP contribution in [0.5, 0.6) is 17.2 Å². The molecule has 3 N–H and O–H groups in total. The number of allylic oxidation sites excluding steroid dienone is 2. The quantitative estimate of drug-likeness (QED) is 0.0669.